The summed E-state index contributed by atoms with van der Waals surface area (Å²) in [5, 5.41) is 11.2. The van der Waals surface area contributed by atoms with Crippen LogP contribution in [0.3, 0.4) is 0 Å². The molecule has 9 heteroatoms. The van der Waals surface area contributed by atoms with E-state index in [9.17, 15) is 17.6 Å². The Morgan fingerprint density at radius 1 is 1.11 bits per heavy atom. The molecule has 0 bridgehead atoms. The average Bonchev–Trinajstić information content (AvgIpc) is 2.63. The molecule has 1 aliphatic heterocycles. The summed E-state index contributed by atoms with van der Waals surface area (Å²) < 4.78 is 52.3. The van der Waals surface area contributed by atoms with Gasteiger partial charge in [-0.15, -0.1) is 10.2 Å². The minimum atomic E-state index is -4.47. The average molecular weight is 403 g/mol. The molecule has 1 aliphatic rings. The molecule has 0 radical (unpaired) electrons. The van der Waals surface area contributed by atoms with Gasteiger partial charge in [0.1, 0.15) is 11.6 Å². The maximum absolute atomic E-state index is 13.9. The zero-order valence-electron chi connectivity index (χ0n) is 14.4. The van der Waals surface area contributed by atoms with Gasteiger partial charge >= 0.3 is 6.18 Å². The number of nitrogens with zero attached hydrogens (tertiary/aromatic N) is 3. The lowest BCUT2D eigenvalue weighted by Gasteiger charge is -2.32. The van der Waals surface area contributed by atoms with E-state index < -0.39 is 17.6 Å². The highest BCUT2D eigenvalue weighted by molar-refractivity contribution is 6.29. The van der Waals surface area contributed by atoms with Gasteiger partial charge in [0.2, 0.25) is 0 Å². The number of hydrogen-bond acceptors (Lipinski definition) is 4. The van der Waals surface area contributed by atoms with Crippen molar-refractivity contribution in [2.75, 3.05) is 25.0 Å². The Kier molecular flexibility index (Phi) is 6.16. The predicted octanol–water partition coefficient (Wildman–Crippen LogP) is 4.61. The van der Waals surface area contributed by atoms with Crippen LogP contribution in [0, 0.1) is 11.7 Å². The van der Waals surface area contributed by atoms with Crippen molar-refractivity contribution in [1.82, 2.24) is 15.1 Å². The molecular formula is C18H19ClF4N4. The number of benzene rings is 1. The van der Waals surface area contributed by atoms with E-state index in [1.165, 1.54) is 0 Å². The lowest BCUT2D eigenvalue weighted by atomic mass is 9.96. The van der Waals surface area contributed by atoms with Crippen molar-refractivity contribution >= 4 is 17.4 Å². The van der Waals surface area contributed by atoms with Gasteiger partial charge in [-0.3, -0.25) is 4.90 Å². The van der Waals surface area contributed by atoms with Gasteiger partial charge in [-0.2, -0.15) is 13.2 Å². The van der Waals surface area contributed by atoms with Gasteiger partial charge < -0.3 is 5.32 Å². The first-order chi connectivity index (χ1) is 12.8. The highest BCUT2D eigenvalue weighted by Crippen LogP contribution is 2.31. The molecule has 0 unspecified atom stereocenters. The van der Waals surface area contributed by atoms with E-state index in [1.807, 2.05) is 4.90 Å². The number of rotatable bonds is 5. The number of halogens is 5. The third-order valence-corrected chi connectivity index (χ3v) is 4.88. The van der Waals surface area contributed by atoms with E-state index in [0.717, 1.165) is 37.6 Å². The smallest absolute Gasteiger partial charge is 0.368 e. The summed E-state index contributed by atoms with van der Waals surface area (Å²) >= 11 is 5.69. The number of likely N-dealkylation sites (tertiary alicyclic amines) is 1. The highest BCUT2D eigenvalue weighted by atomic mass is 35.5. The van der Waals surface area contributed by atoms with Crippen molar-refractivity contribution in [2.24, 2.45) is 5.92 Å². The monoisotopic (exact) mass is 402 g/mol. The molecule has 0 atom stereocenters. The van der Waals surface area contributed by atoms with Gasteiger partial charge in [-0.1, -0.05) is 11.6 Å². The summed E-state index contributed by atoms with van der Waals surface area (Å²) in [6.07, 6.45) is -2.73. The van der Waals surface area contributed by atoms with Crippen molar-refractivity contribution < 1.29 is 17.6 Å². The molecule has 2 heterocycles. The van der Waals surface area contributed by atoms with Gasteiger partial charge in [0.05, 0.1) is 5.56 Å². The van der Waals surface area contributed by atoms with Crippen LogP contribution < -0.4 is 5.32 Å². The van der Waals surface area contributed by atoms with E-state index in [2.05, 4.69) is 15.5 Å². The van der Waals surface area contributed by atoms with E-state index in [1.54, 1.807) is 12.1 Å². The lowest BCUT2D eigenvalue weighted by Crippen LogP contribution is -2.35. The molecule has 2 aromatic rings. The van der Waals surface area contributed by atoms with Crippen LogP contribution in [-0.2, 0) is 12.7 Å². The van der Waals surface area contributed by atoms with E-state index in [4.69, 9.17) is 11.6 Å². The quantitative estimate of drug-likeness (QED) is 0.741. The van der Waals surface area contributed by atoms with Crippen LogP contribution in [0.5, 0.6) is 0 Å². The van der Waals surface area contributed by atoms with Crippen LogP contribution in [-0.4, -0.2) is 34.7 Å². The van der Waals surface area contributed by atoms with Gasteiger partial charge in [0.25, 0.3) is 0 Å². The molecule has 0 spiro atoms. The van der Waals surface area contributed by atoms with E-state index in [-0.39, 0.29) is 12.1 Å². The maximum atomic E-state index is 13.9. The first-order valence-corrected chi connectivity index (χ1v) is 9.00. The molecule has 4 nitrogen and oxygen atoms in total. The van der Waals surface area contributed by atoms with Gasteiger partial charge in [-0.05, 0) is 62.2 Å². The molecule has 0 aliphatic carbocycles. The first kappa shape index (κ1) is 19.8. The molecule has 146 valence electrons. The van der Waals surface area contributed by atoms with Crippen molar-refractivity contribution in [3.8, 4) is 0 Å². The highest BCUT2D eigenvalue weighted by Gasteiger charge is 2.31. The molecular weight excluding hydrogens is 384 g/mol. The minimum absolute atomic E-state index is 0.0813. The summed E-state index contributed by atoms with van der Waals surface area (Å²) in [5.74, 6) is 0.450. The summed E-state index contributed by atoms with van der Waals surface area (Å²) in [4.78, 5) is 1.98. The fourth-order valence-corrected chi connectivity index (χ4v) is 3.22. The molecule has 0 saturated carbocycles. The van der Waals surface area contributed by atoms with Crippen LogP contribution in [0.1, 0.15) is 24.0 Å². The second-order valence-corrected chi connectivity index (χ2v) is 7.03. The normalized spacial score (nSPS) is 16.5. The summed E-state index contributed by atoms with van der Waals surface area (Å²) in [5.41, 5.74) is -0.736. The SMILES string of the molecule is Fc1ccc(C(F)(F)F)cc1CN1CCC(CNc2ccc(Cl)nn2)CC1. The Bertz CT molecular complexity index is 759. The predicted molar refractivity (Wildman–Crippen MR) is 94.9 cm³/mol. The van der Waals surface area contributed by atoms with Crippen LogP contribution >= 0.6 is 11.6 Å². The molecule has 0 amide bonds. The number of anilines is 1. The summed E-state index contributed by atoms with van der Waals surface area (Å²) in [6, 6.07) is 5.98. The molecule has 1 N–H and O–H groups in total. The standard InChI is InChI=1S/C18H19ClF4N4/c19-16-3-4-17(26-25-16)24-10-12-5-7-27(8-6-12)11-13-9-14(18(21,22)23)1-2-15(13)20/h1-4,9,12H,5-8,10-11H2,(H,24,26). The van der Waals surface area contributed by atoms with Gasteiger partial charge in [0, 0.05) is 18.7 Å². The van der Waals surface area contributed by atoms with E-state index >= 15 is 0 Å². The molecule has 1 aromatic carbocycles. The van der Waals surface area contributed by atoms with Crippen molar-refractivity contribution in [1.29, 1.82) is 0 Å². The van der Waals surface area contributed by atoms with Crippen molar-refractivity contribution in [3.05, 3.63) is 52.4 Å². The number of hydrogen-bond donors (Lipinski definition) is 1. The molecule has 27 heavy (non-hydrogen) atoms. The molecule has 1 fully saturated rings. The summed E-state index contributed by atoms with van der Waals surface area (Å²) in [7, 11) is 0. The Labute approximate surface area is 159 Å². The largest absolute Gasteiger partial charge is 0.416 e. The zero-order chi connectivity index (χ0) is 19.4. The Morgan fingerprint density at radius 2 is 1.85 bits per heavy atom. The Morgan fingerprint density at radius 3 is 2.48 bits per heavy atom. The number of alkyl halides is 3. The van der Waals surface area contributed by atoms with Crippen LogP contribution in [0.2, 0.25) is 5.15 Å². The third-order valence-electron chi connectivity index (χ3n) is 4.68. The minimum Gasteiger partial charge on any atom is -0.368 e. The van der Waals surface area contributed by atoms with Gasteiger partial charge in [0.15, 0.2) is 5.15 Å². The molecule has 3 rings (SSSR count). The van der Waals surface area contributed by atoms with Crippen LogP contribution in [0.15, 0.2) is 30.3 Å². The number of piperidine rings is 1. The summed E-state index contributed by atoms with van der Waals surface area (Å²) in [6.45, 7) is 2.31. The number of aromatic nitrogens is 2. The fourth-order valence-electron chi connectivity index (χ4n) is 3.12. The van der Waals surface area contributed by atoms with Crippen molar-refractivity contribution in [2.45, 2.75) is 25.6 Å². The second kappa shape index (κ2) is 8.39. The van der Waals surface area contributed by atoms with Gasteiger partial charge in [-0.25, -0.2) is 4.39 Å². The third kappa shape index (κ3) is 5.52. The Balaban J connectivity index is 1.50. The van der Waals surface area contributed by atoms with Crippen LogP contribution in [0.4, 0.5) is 23.4 Å². The number of nitrogens with one attached hydrogen (secondary N) is 1. The maximum Gasteiger partial charge on any atom is 0.416 e. The second-order valence-electron chi connectivity index (χ2n) is 6.65. The molecule has 1 aromatic heterocycles. The van der Waals surface area contributed by atoms with Crippen molar-refractivity contribution in [3.63, 3.8) is 0 Å². The van der Waals surface area contributed by atoms with E-state index in [0.29, 0.717) is 30.0 Å². The van der Waals surface area contributed by atoms with Crippen LogP contribution in [0.25, 0.3) is 0 Å². The topological polar surface area (TPSA) is 41.0 Å². The lowest BCUT2D eigenvalue weighted by molar-refractivity contribution is -0.137. The first-order valence-electron chi connectivity index (χ1n) is 8.62. The fraction of sp³-hybridized carbons (Fsp3) is 0.444. The zero-order valence-corrected chi connectivity index (χ0v) is 15.2. The Hall–Kier alpha value is -1.93. The molecule has 1 saturated heterocycles.